The minimum atomic E-state index is -2.18. The number of hydrogen-bond donors (Lipinski definition) is 0. The monoisotopic (exact) mass is 208 g/mol. The van der Waals surface area contributed by atoms with Crippen molar-refractivity contribution in [2.45, 2.75) is 27.2 Å². The van der Waals surface area contributed by atoms with Crippen molar-refractivity contribution in [2.75, 3.05) is 39.3 Å². The van der Waals surface area contributed by atoms with Gasteiger partial charge in [0.1, 0.15) is 0 Å². The zero-order valence-corrected chi connectivity index (χ0v) is 9.47. The smallest absolute Gasteiger partial charge is 0.251 e. The largest absolute Gasteiger partial charge is 0.301 e. The zero-order chi connectivity index (χ0) is 11.0. The molecule has 1 saturated heterocycles. The van der Waals surface area contributed by atoms with Crippen molar-refractivity contribution in [3.05, 3.63) is 0 Å². The molecule has 0 aromatic rings. The predicted molar refractivity (Wildman–Crippen MR) is 55.9 cm³/mol. The van der Waals surface area contributed by atoms with E-state index in [4.69, 9.17) is 0 Å². The zero-order valence-electron chi connectivity index (χ0n) is 9.47. The SMILES string of the molecule is CC.CCN1CCN(CC(F)F)CC1. The van der Waals surface area contributed by atoms with E-state index in [0.717, 1.165) is 32.7 Å². The Labute approximate surface area is 85.9 Å². The van der Waals surface area contributed by atoms with Crippen molar-refractivity contribution in [3.63, 3.8) is 0 Å². The lowest BCUT2D eigenvalue weighted by Gasteiger charge is -2.33. The summed E-state index contributed by atoms with van der Waals surface area (Å²) in [5.41, 5.74) is 0. The standard InChI is InChI=1S/C8H16F2N2.C2H6/c1-2-11-3-5-12(6-4-11)7-8(9)10;1-2/h8H,2-7H2,1H3;1-2H3. The van der Waals surface area contributed by atoms with Gasteiger partial charge in [-0.1, -0.05) is 20.8 Å². The molecule has 14 heavy (non-hydrogen) atoms. The molecule has 0 atom stereocenters. The Bertz CT molecular complexity index is 123. The van der Waals surface area contributed by atoms with Crippen LogP contribution in [-0.4, -0.2) is 55.5 Å². The van der Waals surface area contributed by atoms with Gasteiger partial charge in [0.15, 0.2) is 0 Å². The lowest BCUT2D eigenvalue weighted by Crippen LogP contribution is -2.47. The fourth-order valence-electron chi connectivity index (χ4n) is 1.48. The number of rotatable bonds is 3. The van der Waals surface area contributed by atoms with Crippen LogP contribution < -0.4 is 0 Å². The molecular formula is C10H22F2N2. The Hall–Kier alpha value is -0.220. The molecule has 1 aliphatic heterocycles. The molecule has 4 heteroatoms. The minimum absolute atomic E-state index is 0.0580. The summed E-state index contributed by atoms with van der Waals surface area (Å²) in [4.78, 5) is 4.11. The number of halogens is 2. The highest BCUT2D eigenvalue weighted by Crippen LogP contribution is 2.03. The lowest BCUT2D eigenvalue weighted by molar-refractivity contribution is 0.0577. The van der Waals surface area contributed by atoms with Crippen LogP contribution in [0.5, 0.6) is 0 Å². The molecule has 0 aliphatic carbocycles. The molecule has 0 amide bonds. The van der Waals surface area contributed by atoms with E-state index in [1.54, 1.807) is 0 Å². The Morgan fingerprint density at radius 3 is 1.79 bits per heavy atom. The molecule has 0 unspecified atom stereocenters. The fraction of sp³-hybridized carbons (Fsp3) is 1.00. The van der Waals surface area contributed by atoms with Gasteiger partial charge < -0.3 is 4.90 Å². The highest BCUT2D eigenvalue weighted by molar-refractivity contribution is 4.70. The normalized spacial score (nSPS) is 19.3. The predicted octanol–water partition coefficient (Wildman–Crippen LogP) is 1.92. The first-order valence-corrected chi connectivity index (χ1v) is 5.45. The van der Waals surface area contributed by atoms with Crippen molar-refractivity contribution >= 4 is 0 Å². The molecule has 0 spiro atoms. The van der Waals surface area contributed by atoms with Gasteiger partial charge in [0.25, 0.3) is 6.43 Å². The summed E-state index contributed by atoms with van der Waals surface area (Å²) in [6.07, 6.45) is -2.18. The van der Waals surface area contributed by atoms with Gasteiger partial charge in [-0.05, 0) is 6.54 Å². The molecular weight excluding hydrogens is 186 g/mol. The summed E-state index contributed by atoms with van der Waals surface area (Å²) in [7, 11) is 0. The van der Waals surface area contributed by atoms with Crippen LogP contribution >= 0.6 is 0 Å². The van der Waals surface area contributed by atoms with E-state index < -0.39 is 6.43 Å². The molecule has 1 fully saturated rings. The first-order chi connectivity index (χ1) is 6.72. The molecule has 0 aromatic carbocycles. The second kappa shape index (κ2) is 8.12. The summed E-state index contributed by atoms with van der Waals surface area (Å²) < 4.78 is 23.9. The van der Waals surface area contributed by atoms with Crippen LogP contribution in [0.15, 0.2) is 0 Å². The summed E-state index contributed by atoms with van der Waals surface area (Å²) in [5.74, 6) is 0. The van der Waals surface area contributed by atoms with Crippen LogP contribution in [0.3, 0.4) is 0 Å². The van der Waals surface area contributed by atoms with Crippen LogP contribution in [0.1, 0.15) is 20.8 Å². The van der Waals surface area contributed by atoms with E-state index in [1.807, 2.05) is 18.7 Å². The molecule has 1 heterocycles. The summed E-state index contributed by atoms with van der Waals surface area (Å²) in [6.45, 7) is 10.5. The molecule has 0 N–H and O–H groups in total. The quantitative estimate of drug-likeness (QED) is 0.699. The van der Waals surface area contributed by atoms with Crippen LogP contribution in [-0.2, 0) is 0 Å². The van der Waals surface area contributed by atoms with E-state index in [1.165, 1.54) is 0 Å². The highest BCUT2D eigenvalue weighted by Gasteiger charge is 2.17. The molecule has 0 saturated carbocycles. The van der Waals surface area contributed by atoms with Crippen LogP contribution in [0.25, 0.3) is 0 Å². The number of likely N-dealkylation sites (N-methyl/N-ethyl adjacent to an activating group) is 1. The highest BCUT2D eigenvalue weighted by atomic mass is 19.3. The van der Waals surface area contributed by atoms with Gasteiger partial charge in [-0.2, -0.15) is 0 Å². The maximum Gasteiger partial charge on any atom is 0.251 e. The Morgan fingerprint density at radius 1 is 1.00 bits per heavy atom. The summed E-state index contributed by atoms with van der Waals surface area (Å²) in [6, 6.07) is 0. The van der Waals surface area contributed by atoms with E-state index >= 15 is 0 Å². The van der Waals surface area contributed by atoms with Gasteiger partial charge >= 0.3 is 0 Å². The van der Waals surface area contributed by atoms with Gasteiger partial charge in [-0.15, -0.1) is 0 Å². The second-order valence-electron chi connectivity index (χ2n) is 3.13. The van der Waals surface area contributed by atoms with Crippen molar-refractivity contribution < 1.29 is 8.78 Å². The average Bonchev–Trinajstić information content (AvgIpc) is 2.21. The third-order valence-corrected chi connectivity index (χ3v) is 2.31. The van der Waals surface area contributed by atoms with Crippen LogP contribution in [0.4, 0.5) is 8.78 Å². The van der Waals surface area contributed by atoms with Crippen molar-refractivity contribution in [2.24, 2.45) is 0 Å². The van der Waals surface area contributed by atoms with Crippen molar-refractivity contribution in [1.82, 2.24) is 9.80 Å². The molecule has 0 aromatic heterocycles. The van der Waals surface area contributed by atoms with E-state index in [9.17, 15) is 8.78 Å². The molecule has 86 valence electrons. The topological polar surface area (TPSA) is 6.48 Å². The average molecular weight is 208 g/mol. The number of nitrogens with zero attached hydrogens (tertiary/aromatic N) is 2. The van der Waals surface area contributed by atoms with E-state index in [-0.39, 0.29) is 6.54 Å². The second-order valence-corrected chi connectivity index (χ2v) is 3.13. The molecule has 1 aliphatic rings. The first-order valence-electron chi connectivity index (χ1n) is 5.45. The number of alkyl halides is 2. The van der Waals surface area contributed by atoms with E-state index in [2.05, 4.69) is 11.8 Å². The molecule has 0 radical (unpaired) electrons. The van der Waals surface area contributed by atoms with Crippen molar-refractivity contribution in [3.8, 4) is 0 Å². The third kappa shape index (κ3) is 5.50. The van der Waals surface area contributed by atoms with Crippen LogP contribution in [0, 0.1) is 0 Å². The van der Waals surface area contributed by atoms with Gasteiger partial charge in [0.2, 0.25) is 0 Å². The molecule has 1 rings (SSSR count). The van der Waals surface area contributed by atoms with Gasteiger partial charge in [-0.3, -0.25) is 4.90 Å². The van der Waals surface area contributed by atoms with Gasteiger partial charge in [0, 0.05) is 26.2 Å². The van der Waals surface area contributed by atoms with Crippen LogP contribution in [0.2, 0.25) is 0 Å². The Morgan fingerprint density at radius 2 is 1.43 bits per heavy atom. The minimum Gasteiger partial charge on any atom is -0.301 e. The third-order valence-electron chi connectivity index (χ3n) is 2.31. The fourth-order valence-corrected chi connectivity index (χ4v) is 1.48. The van der Waals surface area contributed by atoms with Gasteiger partial charge in [-0.25, -0.2) is 8.78 Å². The molecule has 2 nitrogen and oxygen atoms in total. The maximum absolute atomic E-state index is 11.9. The van der Waals surface area contributed by atoms with E-state index in [0.29, 0.717) is 0 Å². The maximum atomic E-state index is 11.9. The van der Waals surface area contributed by atoms with Gasteiger partial charge in [0.05, 0.1) is 6.54 Å². The number of hydrogen-bond acceptors (Lipinski definition) is 2. The molecule has 0 bridgehead atoms. The summed E-state index contributed by atoms with van der Waals surface area (Å²) in [5, 5.41) is 0. The Balaban J connectivity index is 0.000000791. The Kier molecular flexibility index (Phi) is 7.99. The first kappa shape index (κ1) is 13.8. The summed E-state index contributed by atoms with van der Waals surface area (Å²) >= 11 is 0. The van der Waals surface area contributed by atoms with Crippen molar-refractivity contribution in [1.29, 1.82) is 0 Å². The lowest BCUT2D eigenvalue weighted by atomic mass is 10.3. The number of piperazine rings is 1.